The summed E-state index contributed by atoms with van der Waals surface area (Å²) < 4.78 is 18.6. The summed E-state index contributed by atoms with van der Waals surface area (Å²) in [6, 6.07) is 4.48. The Morgan fingerprint density at radius 2 is 2.24 bits per heavy atom. The molecule has 17 heavy (non-hydrogen) atoms. The van der Waals surface area contributed by atoms with Gasteiger partial charge in [-0.1, -0.05) is 6.92 Å². The lowest BCUT2D eigenvalue weighted by atomic mass is 10.2. The minimum atomic E-state index is -0.382. The molecule has 1 aromatic rings. The smallest absolute Gasteiger partial charge is 0.123 e. The molecule has 96 valence electrons. The Hall–Kier alpha value is -1.13. The van der Waals surface area contributed by atoms with Crippen molar-refractivity contribution in [3.05, 3.63) is 29.6 Å². The third kappa shape index (κ3) is 5.15. The summed E-state index contributed by atoms with van der Waals surface area (Å²) in [4.78, 5) is 0. The van der Waals surface area contributed by atoms with E-state index in [1.54, 1.807) is 13.0 Å². The van der Waals surface area contributed by atoms with Crippen molar-refractivity contribution in [1.29, 1.82) is 0 Å². The van der Waals surface area contributed by atoms with Crippen LogP contribution in [-0.4, -0.2) is 24.4 Å². The molecule has 0 saturated heterocycles. The monoisotopic (exact) mass is 241 g/mol. The maximum Gasteiger partial charge on any atom is 0.123 e. The molecule has 0 aliphatic rings. The number of aliphatic hydroxyl groups excluding tert-OH is 1. The van der Waals surface area contributed by atoms with Crippen LogP contribution in [0.15, 0.2) is 18.2 Å². The number of hydrogen-bond acceptors (Lipinski definition) is 3. The van der Waals surface area contributed by atoms with Gasteiger partial charge in [-0.25, -0.2) is 4.39 Å². The number of nitrogens with one attached hydrogen (secondary N) is 1. The van der Waals surface area contributed by atoms with Crippen molar-refractivity contribution < 1.29 is 14.2 Å². The van der Waals surface area contributed by atoms with Gasteiger partial charge in [-0.2, -0.15) is 0 Å². The van der Waals surface area contributed by atoms with Gasteiger partial charge in [0.2, 0.25) is 0 Å². The summed E-state index contributed by atoms with van der Waals surface area (Å²) in [7, 11) is 0. The predicted octanol–water partition coefficient (Wildman–Crippen LogP) is 2.08. The summed E-state index contributed by atoms with van der Waals surface area (Å²) in [5.41, 5.74) is 0.803. The van der Waals surface area contributed by atoms with Crippen molar-refractivity contribution in [1.82, 2.24) is 5.32 Å². The molecule has 0 heterocycles. The highest BCUT2D eigenvalue weighted by atomic mass is 19.1. The average molecular weight is 241 g/mol. The molecule has 1 aromatic carbocycles. The molecule has 0 fully saturated rings. The summed E-state index contributed by atoms with van der Waals surface area (Å²) in [5.74, 6) is 0.411. The van der Waals surface area contributed by atoms with Crippen LogP contribution in [0.2, 0.25) is 0 Å². The molecule has 0 bridgehead atoms. The number of hydrogen-bond donors (Lipinski definition) is 2. The molecule has 0 saturated carbocycles. The van der Waals surface area contributed by atoms with E-state index < -0.39 is 0 Å². The molecule has 3 nitrogen and oxygen atoms in total. The van der Waals surface area contributed by atoms with Crippen molar-refractivity contribution in [2.45, 2.75) is 32.9 Å². The van der Waals surface area contributed by atoms with Crippen molar-refractivity contribution in [2.75, 3.05) is 13.2 Å². The summed E-state index contributed by atoms with van der Waals surface area (Å²) in [6.45, 7) is 5.55. The second-order valence-corrected chi connectivity index (χ2v) is 4.02. The van der Waals surface area contributed by atoms with Gasteiger partial charge in [0.1, 0.15) is 11.6 Å². The lowest BCUT2D eigenvalue weighted by Crippen LogP contribution is -2.14. The first-order valence-electron chi connectivity index (χ1n) is 5.93. The zero-order chi connectivity index (χ0) is 12.7. The zero-order valence-corrected chi connectivity index (χ0v) is 10.4. The van der Waals surface area contributed by atoms with E-state index >= 15 is 0 Å². The van der Waals surface area contributed by atoms with Crippen molar-refractivity contribution in [3.63, 3.8) is 0 Å². The molecule has 0 aromatic heterocycles. The second kappa shape index (κ2) is 7.25. The SMILES string of the molecule is CCNCc1cc(F)ccc1OCCC(C)O. The van der Waals surface area contributed by atoms with Gasteiger partial charge in [0.15, 0.2) is 0 Å². The van der Waals surface area contributed by atoms with Crippen LogP contribution in [0.4, 0.5) is 4.39 Å². The van der Waals surface area contributed by atoms with E-state index in [1.807, 2.05) is 6.92 Å². The van der Waals surface area contributed by atoms with Crippen LogP contribution in [0.3, 0.4) is 0 Å². The van der Waals surface area contributed by atoms with Crippen LogP contribution >= 0.6 is 0 Å². The molecule has 2 N–H and O–H groups in total. The molecule has 1 unspecified atom stereocenters. The number of aliphatic hydroxyl groups is 1. The molecule has 4 heteroatoms. The highest BCUT2D eigenvalue weighted by Crippen LogP contribution is 2.20. The summed E-state index contributed by atoms with van der Waals surface area (Å²) in [6.07, 6.45) is 0.186. The van der Waals surface area contributed by atoms with E-state index in [4.69, 9.17) is 9.84 Å². The van der Waals surface area contributed by atoms with E-state index in [1.165, 1.54) is 12.1 Å². The quantitative estimate of drug-likeness (QED) is 0.768. The fourth-order valence-corrected chi connectivity index (χ4v) is 1.43. The third-order valence-electron chi connectivity index (χ3n) is 2.38. The molecular weight excluding hydrogens is 221 g/mol. The summed E-state index contributed by atoms with van der Waals surface area (Å²) in [5, 5.41) is 12.3. The molecule has 1 atom stereocenters. The van der Waals surface area contributed by atoms with E-state index in [2.05, 4.69) is 5.32 Å². The Morgan fingerprint density at radius 1 is 1.47 bits per heavy atom. The van der Waals surface area contributed by atoms with Gasteiger partial charge in [-0.15, -0.1) is 0 Å². The van der Waals surface area contributed by atoms with E-state index in [0.29, 0.717) is 25.3 Å². The van der Waals surface area contributed by atoms with Gasteiger partial charge in [0.05, 0.1) is 12.7 Å². The van der Waals surface area contributed by atoms with Gasteiger partial charge < -0.3 is 15.2 Å². The molecular formula is C13H20FNO2. The standard InChI is InChI=1S/C13H20FNO2/c1-3-15-9-11-8-12(14)4-5-13(11)17-7-6-10(2)16/h4-5,8,10,15-16H,3,6-7,9H2,1-2H3. The van der Waals surface area contributed by atoms with Gasteiger partial charge in [0, 0.05) is 18.5 Å². The van der Waals surface area contributed by atoms with Crippen LogP contribution in [0.25, 0.3) is 0 Å². The molecule has 0 amide bonds. The van der Waals surface area contributed by atoms with E-state index in [9.17, 15) is 4.39 Å². The maximum atomic E-state index is 13.1. The van der Waals surface area contributed by atoms with Gasteiger partial charge in [-0.3, -0.25) is 0 Å². The minimum absolute atomic E-state index is 0.263. The fourth-order valence-electron chi connectivity index (χ4n) is 1.43. The van der Waals surface area contributed by atoms with Gasteiger partial charge >= 0.3 is 0 Å². The van der Waals surface area contributed by atoms with Crippen LogP contribution in [0.1, 0.15) is 25.8 Å². The lowest BCUT2D eigenvalue weighted by Gasteiger charge is -2.12. The average Bonchev–Trinajstić information content (AvgIpc) is 2.28. The second-order valence-electron chi connectivity index (χ2n) is 4.02. The Bertz CT molecular complexity index is 342. The number of halogens is 1. The predicted molar refractivity (Wildman–Crippen MR) is 65.6 cm³/mol. The van der Waals surface area contributed by atoms with Crippen LogP contribution < -0.4 is 10.1 Å². The summed E-state index contributed by atoms with van der Waals surface area (Å²) >= 11 is 0. The molecule has 0 aliphatic heterocycles. The van der Waals surface area contributed by atoms with E-state index in [0.717, 1.165) is 12.1 Å². The topological polar surface area (TPSA) is 41.5 Å². The largest absolute Gasteiger partial charge is 0.493 e. The number of ether oxygens (including phenoxy) is 1. The highest BCUT2D eigenvalue weighted by molar-refractivity contribution is 5.33. The third-order valence-corrected chi connectivity index (χ3v) is 2.38. The molecule has 1 rings (SSSR count). The van der Waals surface area contributed by atoms with Gasteiger partial charge in [-0.05, 0) is 31.7 Å². The Balaban J connectivity index is 2.62. The van der Waals surface area contributed by atoms with Crippen LogP contribution in [0.5, 0.6) is 5.75 Å². The Labute approximate surface area is 102 Å². The first-order valence-corrected chi connectivity index (χ1v) is 5.93. The highest BCUT2D eigenvalue weighted by Gasteiger charge is 2.05. The van der Waals surface area contributed by atoms with Crippen LogP contribution in [-0.2, 0) is 6.54 Å². The fraction of sp³-hybridized carbons (Fsp3) is 0.538. The molecule has 0 spiro atoms. The maximum absolute atomic E-state index is 13.1. The van der Waals surface area contributed by atoms with Gasteiger partial charge in [0.25, 0.3) is 0 Å². The number of benzene rings is 1. The first kappa shape index (κ1) is 13.9. The Kier molecular flexibility index (Phi) is 5.94. The Morgan fingerprint density at radius 3 is 2.88 bits per heavy atom. The molecule has 0 aliphatic carbocycles. The van der Waals surface area contributed by atoms with E-state index in [-0.39, 0.29) is 11.9 Å². The van der Waals surface area contributed by atoms with Crippen LogP contribution in [0, 0.1) is 5.82 Å². The first-order chi connectivity index (χ1) is 8.13. The zero-order valence-electron chi connectivity index (χ0n) is 10.4. The lowest BCUT2D eigenvalue weighted by molar-refractivity contribution is 0.155. The number of rotatable bonds is 7. The molecule has 0 radical (unpaired) electrons. The van der Waals surface area contributed by atoms with Crippen molar-refractivity contribution in [2.24, 2.45) is 0 Å². The normalized spacial score (nSPS) is 12.5. The van der Waals surface area contributed by atoms with Crippen molar-refractivity contribution in [3.8, 4) is 5.75 Å². The minimum Gasteiger partial charge on any atom is -0.493 e. The van der Waals surface area contributed by atoms with Crippen molar-refractivity contribution >= 4 is 0 Å².